The Balaban J connectivity index is 1.66. The van der Waals surface area contributed by atoms with Crippen LogP contribution in [0.1, 0.15) is 31.1 Å². The van der Waals surface area contributed by atoms with Crippen molar-refractivity contribution in [3.63, 3.8) is 0 Å². The van der Waals surface area contributed by atoms with E-state index in [1.165, 1.54) is 6.42 Å². The van der Waals surface area contributed by atoms with Crippen molar-refractivity contribution in [1.29, 1.82) is 0 Å². The first-order valence-electron chi connectivity index (χ1n) is 6.17. The highest BCUT2D eigenvalue weighted by molar-refractivity contribution is 7.10. The summed E-state index contributed by atoms with van der Waals surface area (Å²) in [6.07, 6.45) is 1.35. The molecule has 3 atom stereocenters. The standard InChI is InChI=1S/C13H21NOS/c1-3-15-7-6-14-10(2)11-9-12(11)13-5-4-8-16-13/h4-5,8,10-12,14H,3,6-7,9H2,1-2H3/t10?,11-,12+/m0/s1. The molecule has 16 heavy (non-hydrogen) atoms. The molecule has 1 fully saturated rings. The van der Waals surface area contributed by atoms with Crippen LogP contribution in [0, 0.1) is 5.92 Å². The van der Waals surface area contributed by atoms with E-state index in [2.05, 4.69) is 29.8 Å². The van der Waals surface area contributed by atoms with Crippen molar-refractivity contribution in [2.45, 2.75) is 32.2 Å². The van der Waals surface area contributed by atoms with Crippen molar-refractivity contribution in [3.8, 4) is 0 Å². The van der Waals surface area contributed by atoms with E-state index >= 15 is 0 Å². The summed E-state index contributed by atoms with van der Waals surface area (Å²) in [4.78, 5) is 1.56. The van der Waals surface area contributed by atoms with Gasteiger partial charge in [-0.05, 0) is 43.6 Å². The second kappa shape index (κ2) is 5.80. The molecule has 2 rings (SSSR count). The molecule has 1 aliphatic carbocycles. The van der Waals surface area contributed by atoms with Crippen molar-refractivity contribution >= 4 is 11.3 Å². The molecule has 0 amide bonds. The molecule has 1 aromatic heterocycles. The number of hydrogen-bond donors (Lipinski definition) is 1. The largest absolute Gasteiger partial charge is 0.380 e. The minimum atomic E-state index is 0.618. The van der Waals surface area contributed by atoms with Crippen LogP contribution in [-0.4, -0.2) is 25.8 Å². The zero-order valence-electron chi connectivity index (χ0n) is 10.1. The van der Waals surface area contributed by atoms with Gasteiger partial charge in [0.1, 0.15) is 0 Å². The Morgan fingerprint density at radius 2 is 2.50 bits per heavy atom. The zero-order valence-corrected chi connectivity index (χ0v) is 10.9. The lowest BCUT2D eigenvalue weighted by Gasteiger charge is -2.13. The van der Waals surface area contributed by atoms with Crippen LogP contribution in [0.3, 0.4) is 0 Å². The summed E-state index contributed by atoms with van der Waals surface area (Å²) >= 11 is 1.89. The molecule has 1 aromatic rings. The van der Waals surface area contributed by atoms with Gasteiger partial charge in [-0.1, -0.05) is 6.07 Å². The summed E-state index contributed by atoms with van der Waals surface area (Å²) in [6.45, 7) is 6.96. The Morgan fingerprint density at radius 1 is 1.62 bits per heavy atom. The van der Waals surface area contributed by atoms with Gasteiger partial charge in [0, 0.05) is 24.1 Å². The lowest BCUT2D eigenvalue weighted by molar-refractivity contribution is 0.146. The van der Waals surface area contributed by atoms with Gasteiger partial charge in [0.25, 0.3) is 0 Å². The summed E-state index contributed by atoms with van der Waals surface area (Å²) in [6, 6.07) is 5.04. The minimum absolute atomic E-state index is 0.618. The van der Waals surface area contributed by atoms with Crippen LogP contribution in [0.2, 0.25) is 0 Å². The topological polar surface area (TPSA) is 21.3 Å². The van der Waals surface area contributed by atoms with E-state index in [-0.39, 0.29) is 0 Å². The first kappa shape index (κ1) is 12.1. The highest BCUT2D eigenvalue weighted by Gasteiger charge is 2.42. The molecule has 1 aliphatic rings. The summed E-state index contributed by atoms with van der Waals surface area (Å²) in [7, 11) is 0. The number of rotatable bonds is 7. The molecule has 0 spiro atoms. The molecular weight excluding hydrogens is 218 g/mol. The molecule has 0 aromatic carbocycles. The van der Waals surface area contributed by atoms with Gasteiger partial charge in [0.05, 0.1) is 6.61 Å². The van der Waals surface area contributed by atoms with Crippen molar-refractivity contribution in [1.82, 2.24) is 5.32 Å². The molecular formula is C13H21NOS. The molecule has 2 nitrogen and oxygen atoms in total. The molecule has 3 heteroatoms. The smallest absolute Gasteiger partial charge is 0.0590 e. The predicted octanol–water partition coefficient (Wildman–Crippen LogP) is 2.87. The molecule has 0 radical (unpaired) electrons. The highest BCUT2D eigenvalue weighted by atomic mass is 32.1. The monoisotopic (exact) mass is 239 g/mol. The summed E-state index contributed by atoms with van der Waals surface area (Å²) in [5, 5.41) is 5.73. The zero-order chi connectivity index (χ0) is 11.4. The van der Waals surface area contributed by atoms with Crippen LogP contribution in [0.15, 0.2) is 17.5 Å². The lowest BCUT2D eigenvalue weighted by Crippen LogP contribution is -2.31. The maximum Gasteiger partial charge on any atom is 0.0590 e. The Kier molecular flexibility index (Phi) is 4.38. The van der Waals surface area contributed by atoms with Crippen molar-refractivity contribution in [3.05, 3.63) is 22.4 Å². The van der Waals surface area contributed by atoms with Crippen LogP contribution in [0.5, 0.6) is 0 Å². The Bertz CT molecular complexity index is 299. The second-order valence-electron chi connectivity index (χ2n) is 4.46. The van der Waals surface area contributed by atoms with Crippen molar-refractivity contribution in [2.75, 3.05) is 19.8 Å². The Hall–Kier alpha value is -0.380. The SMILES string of the molecule is CCOCCNC(C)[C@@H]1C[C@H]1c1cccs1. The number of nitrogens with one attached hydrogen (secondary N) is 1. The third kappa shape index (κ3) is 3.06. The molecule has 1 saturated carbocycles. The van der Waals surface area contributed by atoms with E-state index in [1.807, 2.05) is 18.3 Å². The van der Waals surface area contributed by atoms with Gasteiger partial charge >= 0.3 is 0 Å². The Morgan fingerprint density at radius 3 is 3.19 bits per heavy atom. The van der Waals surface area contributed by atoms with Gasteiger partial charge in [-0.2, -0.15) is 0 Å². The first-order valence-corrected chi connectivity index (χ1v) is 7.05. The number of thiophene rings is 1. The van der Waals surface area contributed by atoms with E-state index in [9.17, 15) is 0 Å². The molecule has 1 N–H and O–H groups in total. The summed E-state index contributed by atoms with van der Waals surface area (Å²) < 4.78 is 5.32. The quantitative estimate of drug-likeness (QED) is 0.739. The molecule has 0 bridgehead atoms. The maximum atomic E-state index is 5.32. The fourth-order valence-corrected chi connectivity index (χ4v) is 3.17. The fourth-order valence-electron chi connectivity index (χ4n) is 2.25. The van der Waals surface area contributed by atoms with Crippen molar-refractivity contribution < 1.29 is 4.74 Å². The van der Waals surface area contributed by atoms with E-state index in [0.29, 0.717) is 6.04 Å². The van der Waals surface area contributed by atoms with Crippen LogP contribution >= 0.6 is 11.3 Å². The molecule has 1 heterocycles. The molecule has 0 aliphatic heterocycles. The van der Waals surface area contributed by atoms with Crippen molar-refractivity contribution in [2.24, 2.45) is 5.92 Å². The normalized spacial score (nSPS) is 25.6. The third-order valence-electron chi connectivity index (χ3n) is 3.31. The third-order valence-corrected chi connectivity index (χ3v) is 4.31. The number of hydrogen-bond acceptors (Lipinski definition) is 3. The molecule has 1 unspecified atom stereocenters. The molecule has 90 valence electrons. The minimum Gasteiger partial charge on any atom is -0.380 e. The van der Waals surface area contributed by atoms with Crippen LogP contribution in [0.25, 0.3) is 0 Å². The average Bonchev–Trinajstić information content (AvgIpc) is 2.91. The van der Waals surface area contributed by atoms with Crippen LogP contribution < -0.4 is 5.32 Å². The van der Waals surface area contributed by atoms with Gasteiger partial charge in [0.2, 0.25) is 0 Å². The van der Waals surface area contributed by atoms with Gasteiger partial charge in [0.15, 0.2) is 0 Å². The maximum absolute atomic E-state index is 5.32. The first-order chi connectivity index (χ1) is 7.83. The average molecular weight is 239 g/mol. The second-order valence-corrected chi connectivity index (χ2v) is 5.44. The van der Waals surface area contributed by atoms with Gasteiger partial charge < -0.3 is 10.1 Å². The predicted molar refractivity (Wildman–Crippen MR) is 69.1 cm³/mol. The Labute approximate surface area is 102 Å². The lowest BCUT2D eigenvalue weighted by atomic mass is 10.1. The molecule has 0 saturated heterocycles. The summed E-state index contributed by atoms with van der Waals surface area (Å²) in [5.41, 5.74) is 0. The summed E-state index contributed by atoms with van der Waals surface area (Å²) in [5.74, 6) is 1.65. The van der Waals surface area contributed by atoms with E-state index in [0.717, 1.165) is 31.6 Å². The fraction of sp³-hybridized carbons (Fsp3) is 0.692. The van der Waals surface area contributed by atoms with E-state index in [1.54, 1.807) is 4.88 Å². The van der Waals surface area contributed by atoms with Gasteiger partial charge in [-0.15, -0.1) is 11.3 Å². The van der Waals surface area contributed by atoms with Gasteiger partial charge in [-0.25, -0.2) is 0 Å². The van der Waals surface area contributed by atoms with Crippen LogP contribution in [0.4, 0.5) is 0 Å². The van der Waals surface area contributed by atoms with E-state index < -0.39 is 0 Å². The van der Waals surface area contributed by atoms with E-state index in [4.69, 9.17) is 4.74 Å². The van der Waals surface area contributed by atoms with Crippen LogP contribution in [-0.2, 0) is 4.74 Å². The van der Waals surface area contributed by atoms with Gasteiger partial charge in [-0.3, -0.25) is 0 Å². The highest BCUT2D eigenvalue weighted by Crippen LogP contribution is 2.50. The number of ether oxygens (including phenoxy) is 1.